The number of nitrogens with one attached hydrogen (secondary N) is 1. The number of amides is 1. The van der Waals surface area contributed by atoms with Gasteiger partial charge in [0.25, 0.3) is 0 Å². The number of aldehydes is 1. The Morgan fingerprint density at radius 2 is 2.04 bits per heavy atom. The minimum Gasteiger partial charge on any atom is -0.507 e. The third-order valence-corrected chi connectivity index (χ3v) is 3.95. The van der Waals surface area contributed by atoms with Gasteiger partial charge in [0.05, 0.1) is 5.56 Å². The third kappa shape index (κ3) is 4.73. The van der Waals surface area contributed by atoms with Crippen LogP contribution in [0.25, 0.3) is 0 Å². The number of phenolic OH excluding ortho intramolecular Hbond substituents is 1. The summed E-state index contributed by atoms with van der Waals surface area (Å²) in [7, 11) is 2.00. The Hall–Kier alpha value is -3.02. The fourth-order valence-electron chi connectivity index (χ4n) is 2.28. The van der Waals surface area contributed by atoms with Crippen LogP contribution in [0.1, 0.15) is 28.4 Å². The number of nitrogens with zero attached hydrogens (tertiary/aromatic N) is 1. The molecule has 132 valence electrons. The Morgan fingerprint density at radius 3 is 2.64 bits per heavy atom. The van der Waals surface area contributed by atoms with Crippen molar-refractivity contribution in [2.75, 3.05) is 23.8 Å². The summed E-state index contributed by atoms with van der Waals surface area (Å²) >= 11 is 0. The van der Waals surface area contributed by atoms with E-state index < -0.39 is 6.09 Å². The van der Waals surface area contributed by atoms with E-state index in [1.807, 2.05) is 32.2 Å². The largest absolute Gasteiger partial charge is 0.507 e. The highest BCUT2D eigenvalue weighted by molar-refractivity contribution is 5.86. The Kier molecular flexibility index (Phi) is 6.00. The van der Waals surface area contributed by atoms with E-state index in [2.05, 4.69) is 17.1 Å². The summed E-state index contributed by atoms with van der Waals surface area (Å²) in [4.78, 5) is 24.7. The van der Waals surface area contributed by atoms with Crippen LogP contribution in [0.4, 0.5) is 16.2 Å². The molecule has 6 heteroatoms. The first-order chi connectivity index (χ1) is 11.9. The predicted octanol–water partition coefficient (Wildman–Crippen LogP) is 3.72. The molecule has 2 N–H and O–H groups in total. The van der Waals surface area contributed by atoms with E-state index in [0.717, 1.165) is 17.8 Å². The zero-order valence-electron chi connectivity index (χ0n) is 14.6. The molecule has 1 amide bonds. The summed E-state index contributed by atoms with van der Waals surface area (Å²) in [5.41, 5.74) is 3.47. The number of rotatable bonds is 6. The van der Waals surface area contributed by atoms with Crippen LogP contribution < -0.4 is 10.2 Å². The van der Waals surface area contributed by atoms with Crippen LogP contribution in [0.3, 0.4) is 0 Å². The summed E-state index contributed by atoms with van der Waals surface area (Å²) in [6.45, 7) is 4.87. The fourth-order valence-corrected chi connectivity index (χ4v) is 2.28. The van der Waals surface area contributed by atoms with E-state index in [-0.39, 0.29) is 17.9 Å². The van der Waals surface area contributed by atoms with Gasteiger partial charge in [-0.25, -0.2) is 4.79 Å². The van der Waals surface area contributed by atoms with Gasteiger partial charge in [0.1, 0.15) is 12.4 Å². The maximum atomic E-state index is 12.0. The average molecular weight is 342 g/mol. The zero-order valence-corrected chi connectivity index (χ0v) is 14.6. The number of aromatic hydroxyl groups is 1. The molecule has 0 unspecified atom stereocenters. The molecule has 0 heterocycles. The Balaban J connectivity index is 1.96. The lowest BCUT2D eigenvalue weighted by atomic mass is 10.1. The van der Waals surface area contributed by atoms with Crippen molar-refractivity contribution in [3.8, 4) is 5.75 Å². The molecule has 0 radical (unpaired) electrons. The first-order valence-electron chi connectivity index (χ1n) is 7.97. The van der Waals surface area contributed by atoms with Gasteiger partial charge < -0.3 is 14.7 Å². The number of aryl methyl sites for hydroxylation is 1. The number of benzene rings is 2. The van der Waals surface area contributed by atoms with Gasteiger partial charge in [0.2, 0.25) is 0 Å². The number of phenols is 1. The molecule has 0 atom stereocenters. The molecule has 6 nitrogen and oxygen atoms in total. The predicted molar refractivity (Wildman–Crippen MR) is 97.4 cm³/mol. The molecule has 2 rings (SSSR count). The number of anilines is 2. The van der Waals surface area contributed by atoms with Crippen LogP contribution in [0.2, 0.25) is 0 Å². The highest BCUT2D eigenvalue weighted by Crippen LogP contribution is 2.22. The number of ether oxygens (including phenoxy) is 1. The van der Waals surface area contributed by atoms with E-state index in [1.54, 1.807) is 6.07 Å². The lowest BCUT2D eigenvalue weighted by Gasteiger charge is -2.18. The summed E-state index contributed by atoms with van der Waals surface area (Å²) in [6, 6.07) is 10.3. The first kappa shape index (κ1) is 18.3. The van der Waals surface area contributed by atoms with Crippen molar-refractivity contribution in [2.45, 2.75) is 20.5 Å². The van der Waals surface area contributed by atoms with Crippen LogP contribution in [-0.2, 0) is 11.3 Å². The van der Waals surface area contributed by atoms with E-state index in [0.29, 0.717) is 17.5 Å². The standard InChI is InChI=1S/C19H22N2O4/c1-4-21(3)16-7-8-17(13(2)9-16)20-19(24)25-12-14-5-6-15(11-22)18(23)10-14/h5-11,23H,4,12H2,1-3H3,(H,20,24). The molecule has 0 aliphatic carbocycles. The quantitative estimate of drug-likeness (QED) is 0.782. The Bertz CT molecular complexity index is 774. The second-order valence-electron chi connectivity index (χ2n) is 5.73. The van der Waals surface area contributed by atoms with E-state index in [1.165, 1.54) is 12.1 Å². The number of carbonyl (C=O) groups is 2. The zero-order chi connectivity index (χ0) is 18.4. The summed E-state index contributed by atoms with van der Waals surface area (Å²) < 4.78 is 5.15. The minimum absolute atomic E-state index is 0.00572. The van der Waals surface area contributed by atoms with E-state index in [9.17, 15) is 14.7 Å². The monoisotopic (exact) mass is 342 g/mol. The molecule has 0 aliphatic heterocycles. The lowest BCUT2D eigenvalue weighted by Crippen LogP contribution is -2.17. The Labute approximate surface area is 147 Å². The van der Waals surface area contributed by atoms with Crippen LogP contribution >= 0.6 is 0 Å². The van der Waals surface area contributed by atoms with Crippen LogP contribution in [0.15, 0.2) is 36.4 Å². The second-order valence-corrected chi connectivity index (χ2v) is 5.73. The van der Waals surface area contributed by atoms with Gasteiger partial charge in [-0.2, -0.15) is 0 Å². The van der Waals surface area contributed by atoms with Gasteiger partial charge in [-0.3, -0.25) is 10.1 Å². The molecule has 0 saturated heterocycles. The molecule has 25 heavy (non-hydrogen) atoms. The molecule has 0 aliphatic rings. The van der Waals surface area contributed by atoms with E-state index >= 15 is 0 Å². The number of hydrogen-bond donors (Lipinski definition) is 2. The first-order valence-corrected chi connectivity index (χ1v) is 7.97. The van der Waals surface area contributed by atoms with Crippen molar-refractivity contribution < 1.29 is 19.4 Å². The highest BCUT2D eigenvalue weighted by Gasteiger charge is 2.09. The topological polar surface area (TPSA) is 78.9 Å². The van der Waals surface area contributed by atoms with Crippen molar-refractivity contribution in [3.05, 3.63) is 53.1 Å². The fraction of sp³-hybridized carbons (Fsp3) is 0.263. The molecule has 2 aromatic carbocycles. The third-order valence-electron chi connectivity index (χ3n) is 3.95. The van der Waals surface area contributed by atoms with Crippen molar-refractivity contribution in [1.29, 1.82) is 0 Å². The SMILES string of the molecule is CCN(C)c1ccc(NC(=O)OCc2ccc(C=O)c(O)c2)c(C)c1. The molecule has 0 saturated carbocycles. The van der Waals surface area contributed by atoms with Crippen molar-refractivity contribution in [3.63, 3.8) is 0 Å². The summed E-state index contributed by atoms with van der Waals surface area (Å²) in [5, 5.41) is 12.3. The minimum atomic E-state index is -0.585. The smallest absolute Gasteiger partial charge is 0.411 e. The van der Waals surface area contributed by atoms with Crippen molar-refractivity contribution >= 4 is 23.8 Å². The molecular formula is C19H22N2O4. The number of carbonyl (C=O) groups excluding carboxylic acids is 2. The Morgan fingerprint density at radius 1 is 1.28 bits per heavy atom. The van der Waals surface area contributed by atoms with E-state index in [4.69, 9.17) is 4.74 Å². The summed E-state index contributed by atoms with van der Waals surface area (Å²) in [6.07, 6.45) is -0.0200. The van der Waals surface area contributed by atoms with Gasteiger partial charge >= 0.3 is 6.09 Å². The van der Waals surface area contributed by atoms with Crippen LogP contribution in [0.5, 0.6) is 5.75 Å². The number of hydrogen-bond acceptors (Lipinski definition) is 5. The van der Waals surface area contributed by atoms with Gasteiger partial charge in [-0.1, -0.05) is 6.07 Å². The second kappa shape index (κ2) is 8.19. The molecule has 0 fully saturated rings. The van der Waals surface area contributed by atoms with Gasteiger partial charge in [0, 0.05) is 25.0 Å². The molecular weight excluding hydrogens is 320 g/mol. The maximum absolute atomic E-state index is 12.0. The summed E-state index contributed by atoms with van der Waals surface area (Å²) in [5.74, 6) is -0.136. The van der Waals surface area contributed by atoms with Crippen LogP contribution in [-0.4, -0.2) is 31.1 Å². The van der Waals surface area contributed by atoms with Gasteiger partial charge in [-0.15, -0.1) is 0 Å². The molecule has 0 spiro atoms. The normalized spacial score (nSPS) is 10.2. The molecule has 0 bridgehead atoms. The highest BCUT2D eigenvalue weighted by atomic mass is 16.5. The maximum Gasteiger partial charge on any atom is 0.411 e. The van der Waals surface area contributed by atoms with Crippen molar-refractivity contribution in [2.24, 2.45) is 0 Å². The molecule has 0 aromatic heterocycles. The van der Waals surface area contributed by atoms with Crippen LogP contribution in [0, 0.1) is 6.92 Å². The molecule has 2 aromatic rings. The van der Waals surface area contributed by atoms with Gasteiger partial charge in [0.15, 0.2) is 6.29 Å². The van der Waals surface area contributed by atoms with Crippen molar-refractivity contribution in [1.82, 2.24) is 0 Å². The van der Waals surface area contributed by atoms with Gasteiger partial charge in [-0.05, 0) is 55.3 Å². The lowest BCUT2D eigenvalue weighted by molar-refractivity contribution is 0.112. The average Bonchev–Trinajstić information content (AvgIpc) is 2.61.